The van der Waals surface area contributed by atoms with Crippen molar-refractivity contribution in [2.75, 3.05) is 25.5 Å². The molecule has 1 spiro atoms. The minimum Gasteiger partial charge on any atom is -0.497 e. The molecule has 3 aromatic rings. The van der Waals surface area contributed by atoms with Crippen LogP contribution in [0.1, 0.15) is 28.9 Å². The maximum absolute atomic E-state index is 13.0. The lowest BCUT2D eigenvalue weighted by Crippen LogP contribution is -2.51. The maximum atomic E-state index is 13.0. The molecule has 2 aromatic carbocycles. The minimum atomic E-state index is -4.76. The van der Waals surface area contributed by atoms with Gasteiger partial charge in [-0.2, -0.15) is 0 Å². The zero-order valence-electron chi connectivity index (χ0n) is 17.9. The molecular formula is C24H22F3N3O3. The Morgan fingerprint density at radius 3 is 2.39 bits per heavy atom. The second kappa shape index (κ2) is 7.75. The molecule has 33 heavy (non-hydrogen) atoms. The van der Waals surface area contributed by atoms with Gasteiger partial charge in [0.2, 0.25) is 0 Å². The van der Waals surface area contributed by atoms with Crippen LogP contribution in [0.3, 0.4) is 0 Å². The Balaban J connectivity index is 1.38. The molecule has 0 radical (unpaired) electrons. The van der Waals surface area contributed by atoms with Gasteiger partial charge in [0.15, 0.2) is 0 Å². The van der Waals surface area contributed by atoms with Gasteiger partial charge in [0, 0.05) is 36.6 Å². The molecule has 1 fully saturated rings. The molecule has 0 atom stereocenters. The van der Waals surface area contributed by atoms with Gasteiger partial charge in [-0.3, -0.25) is 4.79 Å². The highest BCUT2D eigenvalue weighted by Gasteiger charge is 2.42. The van der Waals surface area contributed by atoms with Gasteiger partial charge in [0.05, 0.1) is 24.0 Å². The molecule has 0 aliphatic carbocycles. The quantitative estimate of drug-likeness (QED) is 0.605. The number of ether oxygens (including phenoxy) is 2. The molecule has 3 heterocycles. The summed E-state index contributed by atoms with van der Waals surface area (Å²) >= 11 is 0. The molecule has 1 aromatic heterocycles. The van der Waals surface area contributed by atoms with Gasteiger partial charge in [-0.05, 0) is 61.4 Å². The van der Waals surface area contributed by atoms with E-state index in [1.807, 2.05) is 22.9 Å². The molecule has 1 saturated heterocycles. The number of rotatable bonds is 3. The second-order valence-corrected chi connectivity index (χ2v) is 8.22. The van der Waals surface area contributed by atoms with E-state index in [1.165, 1.54) is 12.1 Å². The SMILES string of the molecule is COc1ccc(C(=O)N2CCC3(CC2)Nc2cc(OC(F)(F)F)ccc2-n2cccc23)cc1. The van der Waals surface area contributed by atoms with E-state index < -0.39 is 11.9 Å². The lowest BCUT2D eigenvalue weighted by Gasteiger charge is -2.46. The van der Waals surface area contributed by atoms with Crippen LogP contribution in [0.2, 0.25) is 0 Å². The molecule has 9 heteroatoms. The van der Waals surface area contributed by atoms with E-state index in [4.69, 9.17) is 4.74 Å². The number of anilines is 1. The fraction of sp³-hybridized carbons (Fsp3) is 0.292. The van der Waals surface area contributed by atoms with Gasteiger partial charge >= 0.3 is 6.36 Å². The minimum absolute atomic E-state index is 0.0556. The predicted molar refractivity (Wildman–Crippen MR) is 116 cm³/mol. The number of amides is 1. The molecule has 0 saturated carbocycles. The lowest BCUT2D eigenvalue weighted by atomic mass is 9.82. The Morgan fingerprint density at radius 2 is 1.73 bits per heavy atom. The lowest BCUT2D eigenvalue weighted by molar-refractivity contribution is -0.274. The standard InChI is InChI=1S/C24H22F3N3O3/c1-32-17-6-4-16(5-7-17)22(31)29-13-10-23(11-14-29)21-3-2-12-30(21)20-9-8-18(15-19(20)28-23)33-24(25,26)27/h2-9,12,15,28H,10-11,13-14H2,1H3. The number of methoxy groups -OCH3 is 1. The Hall–Kier alpha value is -3.62. The summed E-state index contributed by atoms with van der Waals surface area (Å²) in [5.41, 5.74) is 2.44. The van der Waals surface area contributed by atoms with Crippen LogP contribution >= 0.6 is 0 Å². The van der Waals surface area contributed by atoms with Gasteiger partial charge in [0.1, 0.15) is 11.5 Å². The number of nitrogens with zero attached hydrogens (tertiary/aromatic N) is 2. The highest BCUT2D eigenvalue weighted by molar-refractivity contribution is 5.94. The van der Waals surface area contributed by atoms with Crippen LogP contribution in [0.15, 0.2) is 60.8 Å². The smallest absolute Gasteiger partial charge is 0.497 e. The monoisotopic (exact) mass is 457 g/mol. The number of aromatic nitrogens is 1. The topological polar surface area (TPSA) is 55.7 Å². The molecule has 5 rings (SSSR count). The maximum Gasteiger partial charge on any atom is 0.573 e. The molecule has 1 N–H and O–H groups in total. The van der Waals surface area contributed by atoms with Crippen LogP contribution in [-0.2, 0) is 5.54 Å². The number of halogens is 3. The number of carbonyl (C=O) groups is 1. The molecule has 2 aliphatic rings. The number of hydrogen-bond donors (Lipinski definition) is 1. The summed E-state index contributed by atoms with van der Waals surface area (Å²) in [6.45, 7) is 1.02. The van der Waals surface area contributed by atoms with Crippen LogP contribution < -0.4 is 14.8 Å². The summed E-state index contributed by atoms with van der Waals surface area (Å²) in [7, 11) is 1.57. The van der Waals surface area contributed by atoms with Gasteiger partial charge in [0.25, 0.3) is 5.91 Å². The third kappa shape index (κ3) is 3.88. The first-order chi connectivity index (χ1) is 15.8. The number of hydrogen-bond acceptors (Lipinski definition) is 4. The van der Waals surface area contributed by atoms with Crippen LogP contribution in [0.5, 0.6) is 11.5 Å². The zero-order chi connectivity index (χ0) is 23.2. The van der Waals surface area contributed by atoms with Crippen molar-refractivity contribution >= 4 is 11.6 Å². The van der Waals surface area contributed by atoms with Gasteiger partial charge < -0.3 is 24.3 Å². The number of nitrogens with one attached hydrogen (secondary N) is 1. The number of piperidine rings is 1. The van der Waals surface area contributed by atoms with Crippen molar-refractivity contribution in [3.8, 4) is 17.2 Å². The Morgan fingerprint density at radius 1 is 1.03 bits per heavy atom. The van der Waals surface area contributed by atoms with Crippen molar-refractivity contribution in [2.45, 2.75) is 24.7 Å². The third-order valence-electron chi connectivity index (χ3n) is 6.32. The summed E-state index contributed by atoms with van der Waals surface area (Å²) in [5, 5.41) is 3.47. The molecule has 172 valence electrons. The summed E-state index contributed by atoms with van der Waals surface area (Å²) in [6.07, 6.45) is -1.63. The van der Waals surface area contributed by atoms with Gasteiger partial charge in [-0.15, -0.1) is 13.2 Å². The Labute approximate surface area is 188 Å². The van der Waals surface area contributed by atoms with E-state index in [-0.39, 0.29) is 11.7 Å². The van der Waals surface area contributed by atoms with Crippen molar-refractivity contribution in [3.63, 3.8) is 0 Å². The van der Waals surface area contributed by atoms with Crippen LogP contribution in [0.25, 0.3) is 5.69 Å². The van der Waals surface area contributed by atoms with Gasteiger partial charge in [-0.25, -0.2) is 0 Å². The number of benzene rings is 2. The van der Waals surface area contributed by atoms with E-state index in [0.29, 0.717) is 42.9 Å². The van der Waals surface area contributed by atoms with Crippen LogP contribution in [0, 0.1) is 0 Å². The largest absolute Gasteiger partial charge is 0.573 e. The molecule has 0 unspecified atom stereocenters. The average Bonchev–Trinajstić information content (AvgIpc) is 3.29. The zero-order valence-corrected chi connectivity index (χ0v) is 17.9. The van der Waals surface area contributed by atoms with E-state index in [2.05, 4.69) is 10.1 Å². The third-order valence-corrected chi connectivity index (χ3v) is 6.32. The molecule has 6 nitrogen and oxygen atoms in total. The van der Waals surface area contributed by atoms with Crippen LogP contribution in [0.4, 0.5) is 18.9 Å². The second-order valence-electron chi connectivity index (χ2n) is 8.22. The van der Waals surface area contributed by atoms with Crippen molar-refractivity contribution in [3.05, 3.63) is 72.1 Å². The molecular weight excluding hydrogens is 435 g/mol. The summed E-state index contributed by atoms with van der Waals surface area (Å²) < 4.78 is 49.4. The highest BCUT2D eigenvalue weighted by Crippen LogP contribution is 2.44. The van der Waals surface area contributed by atoms with E-state index in [9.17, 15) is 18.0 Å². The number of alkyl halides is 3. The first-order valence-corrected chi connectivity index (χ1v) is 10.6. The van der Waals surface area contributed by atoms with Gasteiger partial charge in [-0.1, -0.05) is 0 Å². The van der Waals surface area contributed by atoms with Crippen molar-refractivity contribution < 1.29 is 27.4 Å². The normalized spacial score (nSPS) is 16.5. The summed E-state index contributed by atoms with van der Waals surface area (Å²) in [4.78, 5) is 14.8. The number of likely N-dealkylation sites (tertiary alicyclic amines) is 1. The van der Waals surface area contributed by atoms with Crippen molar-refractivity contribution in [1.82, 2.24) is 9.47 Å². The highest BCUT2D eigenvalue weighted by atomic mass is 19.4. The Bertz CT molecular complexity index is 1180. The number of carbonyl (C=O) groups excluding carboxylic acids is 1. The van der Waals surface area contributed by atoms with Crippen molar-refractivity contribution in [2.24, 2.45) is 0 Å². The summed E-state index contributed by atoms with van der Waals surface area (Å²) in [6, 6.07) is 15.2. The van der Waals surface area contributed by atoms with Crippen LogP contribution in [-0.4, -0.2) is 41.9 Å². The predicted octanol–water partition coefficient (Wildman–Crippen LogP) is 4.94. The molecule has 2 aliphatic heterocycles. The average molecular weight is 457 g/mol. The number of fused-ring (bicyclic) bond motifs is 4. The molecule has 1 amide bonds. The van der Waals surface area contributed by atoms with Crippen molar-refractivity contribution in [1.29, 1.82) is 0 Å². The van der Waals surface area contributed by atoms with E-state index >= 15 is 0 Å². The fourth-order valence-corrected chi connectivity index (χ4v) is 4.71. The summed E-state index contributed by atoms with van der Waals surface area (Å²) in [5.74, 6) is 0.357. The first-order valence-electron chi connectivity index (χ1n) is 10.6. The Kier molecular flexibility index (Phi) is 4.99. The first kappa shape index (κ1) is 21.2. The molecule has 0 bridgehead atoms. The van der Waals surface area contributed by atoms with E-state index in [1.54, 1.807) is 42.3 Å². The fourth-order valence-electron chi connectivity index (χ4n) is 4.71. The van der Waals surface area contributed by atoms with E-state index in [0.717, 1.165) is 11.4 Å².